The van der Waals surface area contributed by atoms with Crippen molar-refractivity contribution in [1.82, 2.24) is 10.2 Å². The molecule has 0 bridgehead atoms. The van der Waals surface area contributed by atoms with E-state index in [1.165, 1.54) is 17.1 Å². The van der Waals surface area contributed by atoms with Crippen molar-refractivity contribution in [2.24, 2.45) is 0 Å². The predicted molar refractivity (Wildman–Crippen MR) is 65.0 cm³/mol. The SMILES string of the molecule is O=C(O)NCCCCCCCN1C(=O)C=CC1=O. The first-order valence-corrected chi connectivity index (χ1v) is 6.11. The second-order valence-corrected chi connectivity index (χ2v) is 4.16. The third-order valence-electron chi connectivity index (χ3n) is 2.74. The molecule has 0 aromatic heterocycles. The zero-order valence-corrected chi connectivity index (χ0v) is 10.2. The van der Waals surface area contributed by atoms with Gasteiger partial charge in [-0.15, -0.1) is 0 Å². The van der Waals surface area contributed by atoms with Gasteiger partial charge in [0.25, 0.3) is 11.8 Å². The van der Waals surface area contributed by atoms with Crippen molar-refractivity contribution in [3.8, 4) is 0 Å². The topological polar surface area (TPSA) is 86.7 Å². The molecule has 0 aromatic rings. The van der Waals surface area contributed by atoms with Crippen molar-refractivity contribution in [3.05, 3.63) is 12.2 Å². The van der Waals surface area contributed by atoms with Gasteiger partial charge in [0.05, 0.1) is 0 Å². The fourth-order valence-electron chi connectivity index (χ4n) is 1.77. The molecule has 1 aliphatic rings. The van der Waals surface area contributed by atoms with Crippen LogP contribution in [-0.2, 0) is 9.59 Å². The molecule has 3 amide bonds. The van der Waals surface area contributed by atoms with Crippen LogP contribution in [0.3, 0.4) is 0 Å². The van der Waals surface area contributed by atoms with Crippen LogP contribution < -0.4 is 5.32 Å². The molecule has 0 unspecified atom stereocenters. The van der Waals surface area contributed by atoms with Crippen molar-refractivity contribution in [3.63, 3.8) is 0 Å². The normalized spacial score (nSPS) is 14.3. The van der Waals surface area contributed by atoms with E-state index in [1.54, 1.807) is 0 Å². The van der Waals surface area contributed by atoms with Gasteiger partial charge in [-0.25, -0.2) is 4.79 Å². The zero-order valence-electron chi connectivity index (χ0n) is 10.2. The smallest absolute Gasteiger partial charge is 0.404 e. The van der Waals surface area contributed by atoms with E-state index >= 15 is 0 Å². The molecule has 0 saturated carbocycles. The zero-order chi connectivity index (χ0) is 13.4. The maximum atomic E-state index is 11.2. The highest BCUT2D eigenvalue weighted by Gasteiger charge is 2.21. The fourth-order valence-corrected chi connectivity index (χ4v) is 1.77. The van der Waals surface area contributed by atoms with Gasteiger partial charge in [0.2, 0.25) is 0 Å². The summed E-state index contributed by atoms with van der Waals surface area (Å²) in [4.78, 5) is 33.8. The highest BCUT2D eigenvalue weighted by atomic mass is 16.4. The van der Waals surface area contributed by atoms with Crippen LogP contribution in [0, 0.1) is 0 Å². The number of carbonyl (C=O) groups excluding carboxylic acids is 2. The van der Waals surface area contributed by atoms with Crippen molar-refractivity contribution in [2.75, 3.05) is 13.1 Å². The van der Waals surface area contributed by atoms with E-state index in [9.17, 15) is 14.4 Å². The Hall–Kier alpha value is -1.85. The van der Waals surface area contributed by atoms with E-state index in [0.29, 0.717) is 13.1 Å². The van der Waals surface area contributed by atoms with Gasteiger partial charge >= 0.3 is 6.09 Å². The first-order chi connectivity index (χ1) is 8.61. The van der Waals surface area contributed by atoms with Gasteiger partial charge in [0, 0.05) is 25.2 Å². The van der Waals surface area contributed by atoms with Crippen LogP contribution in [-0.4, -0.2) is 41.0 Å². The summed E-state index contributed by atoms with van der Waals surface area (Å²) in [5, 5.41) is 10.6. The van der Waals surface area contributed by atoms with Gasteiger partial charge in [0.1, 0.15) is 0 Å². The molecule has 100 valence electrons. The molecule has 0 saturated heterocycles. The Kier molecular flexibility index (Phi) is 5.90. The molecule has 1 aliphatic heterocycles. The minimum atomic E-state index is -0.992. The number of nitrogens with zero attached hydrogens (tertiary/aromatic N) is 1. The number of unbranched alkanes of at least 4 members (excludes halogenated alkanes) is 4. The number of carboxylic acid groups (broad SMARTS) is 1. The molecular weight excluding hydrogens is 236 g/mol. The van der Waals surface area contributed by atoms with Crippen LogP contribution >= 0.6 is 0 Å². The molecule has 6 nitrogen and oxygen atoms in total. The third-order valence-corrected chi connectivity index (χ3v) is 2.74. The fraction of sp³-hybridized carbons (Fsp3) is 0.583. The largest absolute Gasteiger partial charge is 0.465 e. The van der Waals surface area contributed by atoms with Gasteiger partial charge in [-0.2, -0.15) is 0 Å². The quantitative estimate of drug-likeness (QED) is 0.502. The second kappa shape index (κ2) is 7.47. The van der Waals surface area contributed by atoms with Gasteiger partial charge in [-0.1, -0.05) is 19.3 Å². The summed E-state index contributed by atoms with van der Waals surface area (Å²) in [6.07, 6.45) is 6.06. The maximum absolute atomic E-state index is 11.2. The Balaban J connectivity index is 1.94. The first-order valence-electron chi connectivity index (χ1n) is 6.11. The van der Waals surface area contributed by atoms with Crippen molar-refractivity contribution >= 4 is 17.9 Å². The molecule has 0 aliphatic carbocycles. The molecule has 0 atom stereocenters. The highest BCUT2D eigenvalue weighted by molar-refractivity contribution is 6.12. The molecular formula is C12H18N2O4. The second-order valence-electron chi connectivity index (χ2n) is 4.16. The van der Waals surface area contributed by atoms with Crippen LogP contribution in [0.25, 0.3) is 0 Å². The average Bonchev–Trinajstić information content (AvgIpc) is 2.63. The summed E-state index contributed by atoms with van der Waals surface area (Å²) in [5.41, 5.74) is 0. The van der Waals surface area contributed by atoms with Crippen LogP contribution in [0.4, 0.5) is 4.79 Å². The number of rotatable bonds is 8. The Morgan fingerprint density at radius 1 is 1.06 bits per heavy atom. The van der Waals surface area contributed by atoms with E-state index in [2.05, 4.69) is 5.32 Å². The number of amides is 3. The minimum Gasteiger partial charge on any atom is -0.465 e. The van der Waals surface area contributed by atoms with Crippen molar-refractivity contribution < 1.29 is 19.5 Å². The summed E-state index contributed by atoms with van der Waals surface area (Å²) >= 11 is 0. The maximum Gasteiger partial charge on any atom is 0.404 e. The first kappa shape index (κ1) is 14.2. The summed E-state index contributed by atoms with van der Waals surface area (Å²) in [6.45, 7) is 0.945. The van der Waals surface area contributed by atoms with Gasteiger partial charge in [-0.05, 0) is 12.8 Å². The van der Waals surface area contributed by atoms with Crippen LogP contribution in [0.2, 0.25) is 0 Å². The van der Waals surface area contributed by atoms with Gasteiger partial charge < -0.3 is 10.4 Å². The van der Waals surface area contributed by atoms with Gasteiger partial charge in [-0.3, -0.25) is 14.5 Å². The number of carbonyl (C=O) groups is 3. The number of nitrogens with one attached hydrogen (secondary N) is 1. The predicted octanol–water partition coefficient (Wildman–Crippen LogP) is 1.13. The standard InChI is InChI=1S/C12H18N2O4/c15-10-6-7-11(16)14(10)9-5-3-1-2-4-8-13-12(17)18/h6-7,13H,1-5,8-9H2,(H,17,18). The lowest BCUT2D eigenvalue weighted by Crippen LogP contribution is -2.30. The van der Waals surface area contributed by atoms with Crippen LogP contribution in [0.5, 0.6) is 0 Å². The van der Waals surface area contributed by atoms with Gasteiger partial charge in [0.15, 0.2) is 0 Å². The molecule has 1 heterocycles. The lowest BCUT2D eigenvalue weighted by Gasteiger charge is -2.12. The molecule has 0 radical (unpaired) electrons. The summed E-state index contributed by atoms with van der Waals surface area (Å²) < 4.78 is 0. The van der Waals surface area contributed by atoms with E-state index in [1.807, 2.05) is 0 Å². The van der Waals surface area contributed by atoms with Crippen LogP contribution in [0.15, 0.2) is 12.2 Å². The number of hydrogen-bond acceptors (Lipinski definition) is 3. The summed E-state index contributed by atoms with van der Waals surface area (Å²) in [7, 11) is 0. The number of imide groups is 1. The van der Waals surface area contributed by atoms with E-state index in [0.717, 1.165) is 32.1 Å². The van der Waals surface area contributed by atoms with Crippen molar-refractivity contribution in [2.45, 2.75) is 32.1 Å². The van der Waals surface area contributed by atoms with E-state index in [-0.39, 0.29) is 11.8 Å². The minimum absolute atomic E-state index is 0.231. The highest BCUT2D eigenvalue weighted by Crippen LogP contribution is 2.08. The Morgan fingerprint density at radius 2 is 1.61 bits per heavy atom. The Morgan fingerprint density at radius 3 is 2.22 bits per heavy atom. The Labute approximate surface area is 106 Å². The lowest BCUT2D eigenvalue weighted by atomic mass is 10.1. The molecule has 2 N–H and O–H groups in total. The average molecular weight is 254 g/mol. The van der Waals surface area contributed by atoms with Crippen molar-refractivity contribution in [1.29, 1.82) is 0 Å². The monoisotopic (exact) mass is 254 g/mol. The molecule has 6 heteroatoms. The molecule has 0 aromatic carbocycles. The third kappa shape index (κ3) is 4.99. The Bertz CT molecular complexity index is 334. The molecule has 18 heavy (non-hydrogen) atoms. The van der Waals surface area contributed by atoms with E-state index in [4.69, 9.17) is 5.11 Å². The number of hydrogen-bond donors (Lipinski definition) is 2. The molecule has 0 spiro atoms. The lowest BCUT2D eigenvalue weighted by molar-refractivity contribution is -0.136. The molecule has 1 rings (SSSR count). The summed E-state index contributed by atoms with van der Waals surface area (Å²) in [6, 6.07) is 0. The van der Waals surface area contributed by atoms with Crippen LogP contribution in [0.1, 0.15) is 32.1 Å². The molecule has 0 fully saturated rings. The summed E-state index contributed by atoms with van der Waals surface area (Å²) in [5.74, 6) is -0.462. The van der Waals surface area contributed by atoms with E-state index < -0.39 is 6.09 Å².